The maximum atomic E-state index is 9.26. The van der Waals surface area contributed by atoms with E-state index >= 15 is 0 Å². The van der Waals surface area contributed by atoms with Gasteiger partial charge in [0.1, 0.15) is 11.5 Å². The van der Waals surface area contributed by atoms with E-state index in [1.54, 1.807) is 18.2 Å². The lowest BCUT2D eigenvalue weighted by molar-refractivity contribution is 0.274. The number of allylic oxidation sites excluding steroid dienone is 3. The highest BCUT2D eigenvalue weighted by Crippen LogP contribution is 2.22. The minimum Gasteiger partial charge on any atom is -0.508 e. The monoisotopic (exact) mass is 236 g/mol. The van der Waals surface area contributed by atoms with Crippen molar-refractivity contribution in [2.45, 2.75) is 6.42 Å². The standard InChI is InChI=1S/C13H13ClO2/c14-11-6-4-10(5-7-11)9-16-13-3-1-2-12(15)8-13/h1-4,6-8,10,15H,5,9H2. The van der Waals surface area contributed by atoms with Crippen molar-refractivity contribution in [3.8, 4) is 11.5 Å². The Morgan fingerprint density at radius 3 is 3.00 bits per heavy atom. The maximum Gasteiger partial charge on any atom is 0.123 e. The van der Waals surface area contributed by atoms with Crippen LogP contribution >= 0.6 is 11.6 Å². The Bertz CT molecular complexity index is 424. The molecule has 2 nitrogen and oxygen atoms in total. The van der Waals surface area contributed by atoms with Gasteiger partial charge in [-0.2, -0.15) is 0 Å². The summed E-state index contributed by atoms with van der Waals surface area (Å²) < 4.78 is 5.58. The molecule has 1 N–H and O–H groups in total. The SMILES string of the molecule is Oc1cccc(OCC2C=CC(Cl)=CC2)c1. The molecule has 3 heteroatoms. The Balaban J connectivity index is 1.87. The molecular weight excluding hydrogens is 224 g/mol. The average molecular weight is 237 g/mol. The molecule has 0 saturated heterocycles. The Labute approximate surface area is 99.8 Å². The van der Waals surface area contributed by atoms with Crippen molar-refractivity contribution in [3.63, 3.8) is 0 Å². The lowest BCUT2D eigenvalue weighted by atomic mass is 10.0. The fourth-order valence-electron chi connectivity index (χ4n) is 1.54. The predicted molar refractivity (Wildman–Crippen MR) is 64.8 cm³/mol. The summed E-state index contributed by atoms with van der Waals surface area (Å²) in [5.74, 6) is 1.26. The number of phenols is 1. The highest BCUT2D eigenvalue weighted by Gasteiger charge is 2.08. The molecular formula is C13H13ClO2. The summed E-state index contributed by atoms with van der Waals surface area (Å²) in [7, 11) is 0. The lowest BCUT2D eigenvalue weighted by Gasteiger charge is -2.15. The highest BCUT2D eigenvalue weighted by molar-refractivity contribution is 6.31. The van der Waals surface area contributed by atoms with Crippen LogP contribution in [-0.2, 0) is 0 Å². The first-order chi connectivity index (χ1) is 7.74. The molecule has 2 rings (SSSR count). The number of benzene rings is 1. The smallest absolute Gasteiger partial charge is 0.123 e. The summed E-state index contributed by atoms with van der Waals surface area (Å²) in [5.41, 5.74) is 0. The Kier molecular flexibility index (Phi) is 3.52. The second-order valence-electron chi connectivity index (χ2n) is 3.75. The summed E-state index contributed by atoms with van der Waals surface area (Å²) in [4.78, 5) is 0. The van der Waals surface area contributed by atoms with E-state index in [0.717, 1.165) is 11.5 Å². The van der Waals surface area contributed by atoms with Crippen LogP contribution in [0, 0.1) is 5.92 Å². The average Bonchev–Trinajstić information content (AvgIpc) is 2.28. The van der Waals surface area contributed by atoms with Crippen molar-refractivity contribution in [2.24, 2.45) is 5.92 Å². The van der Waals surface area contributed by atoms with Gasteiger partial charge in [-0.15, -0.1) is 0 Å². The van der Waals surface area contributed by atoms with Crippen LogP contribution in [0.15, 0.2) is 47.5 Å². The third-order valence-electron chi connectivity index (χ3n) is 2.42. The van der Waals surface area contributed by atoms with Gasteiger partial charge in [-0.05, 0) is 24.6 Å². The van der Waals surface area contributed by atoms with Gasteiger partial charge in [0.2, 0.25) is 0 Å². The number of ether oxygens (including phenoxy) is 1. The van der Waals surface area contributed by atoms with Crippen molar-refractivity contribution < 1.29 is 9.84 Å². The van der Waals surface area contributed by atoms with E-state index in [4.69, 9.17) is 16.3 Å². The minimum atomic E-state index is 0.222. The number of phenolic OH excluding ortho intramolecular Hbond substituents is 1. The summed E-state index contributed by atoms with van der Waals surface area (Å²) >= 11 is 5.82. The Morgan fingerprint density at radius 2 is 2.31 bits per heavy atom. The summed E-state index contributed by atoms with van der Waals surface area (Å²) in [6, 6.07) is 6.82. The molecule has 16 heavy (non-hydrogen) atoms. The Hall–Kier alpha value is -1.41. The zero-order chi connectivity index (χ0) is 11.4. The first-order valence-corrected chi connectivity index (χ1v) is 5.57. The second-order valence-corrected chi connectivity index (χ2v) is 4.19. The third kappa shape index (κ3) is 3.04. The zero-order valence-electron chi connectivity index (χ0n) is 8.77. The first kappa shape index (κ1) is 11.1. The van der Waals surface area contributed by atoms with Crippen LogP contribution < -0.4 is 4.74 Å². The highest BCUT2D eigenvalue weighted by atomic mass is 35.5. The fourth-order valence-corrected chi connectivity index (χ4v) is 1.70. The van der Waals surface area contributed by atoms with Crippen LogP contribution in [0.25, 0.3) is 0 Å². The number of aromatic hydroxyl groups is 1. The molecule has 1 atom stereocenters. The molecule has 0 amide bonds. The molecule has 1 aliphatic rings. The molecule has 0 heterocycles. The number of hydrogen-bond acceptors (Lipinski definition) is 2. The van der Waals surface area contributed by atoms with Gasteiger partial charge in [0, 0.05) is 17.0 Å². The van der Waals surface area contributed by atoms with E-state index < -0.39 is 0 Å². The molecule has 1 aromatic rings. The van der Waals surface area contributed by atoms with Crippen molar-refractivity contribution in [3.05, 3.63) is 47.5 Å². The predicted octanol–water partition coefficient (Wildman–Crippen LogP) is 3.47. The molecule has 1 aromatic carbocycles. The number of rotatable bonds is 3. The summed E-state index contributed by atoms with van der Waals surface area (Å²) in [6.07, 6.45) is 6.82. The lowest BCUT2D eigenvalue weighted by Crippen LogP contribution is -2.10. The van der Waals surface area contributed by atoms with Gasteiger partial charge in [-0.25, -0.2) is 0 Å². The third-order valence-corrected chi connectivity index (χ3v) is 2.71. The zero-order valence-corrected chi connectivity index (χ0v) is 9.52. The van der Waals surface area contributed by atoms with E-state index in [-0.39, 0.29) is 5.75 Å². The van der Waals surface area contributed by atoms with Gasteiger partial charge >= 0.3 is 0 Å². The molecule has 0 fully saturated rings. The van der Waals surface area contributed by atoms with E-state index in [2.05, 4.69) is 0 Å². The van der Waals surface area contributed by atoms with Crippen LogP contribution in [0.4, 0.5) is 0 Å². The van der Waals surface area contributed by atoms with E-state index in [1.165, 1.54) is 0 Å². The minimum absolute atomic E-state index is 0.222. The van der Waals surface area contributed by atoms with Crippen LogP contribution in [0.3, 0.4) is 0 Å². The molecule has 0 spiro atoms. The topological polar surface area (TPSA) is 29.5 Å². The molecule has 1 unspecified atom stereocenters. The Morgan fingerprint density at radius 1 is 1.44 bits per heavy atom. The summed E-state index contributed by atoms with van der Waals surface area (Å²) in [5, 5.41) is 10.0. The molecule has 0 aliphatic heterocycles. The number of hydrogen-bond donors (Lipinski definition) is 1. The van der Waals surface area contributed by atoms with Crippen LogP contribution in [0.5, 0.6) is 11.5 Å². The van der Waals surface area contributed by atoms with Crippen molar-refractivity contribution >= 4 is 11.6 Å². The van der Waals surface area contributed by atoms with Crippen molar-refractivity contribution in [2.75, 3.05) is 6.61 Å². The van der Waals surface area contributed by atoms with Gasteiger partial charge in [-0.3, -0.25) is 0 Å². The molecule has 84 valence electrons. The van der Waals surface area contributed by atoms with Gasteiger partial charge in [0.05, 0.1) is 6.61 Å². The van der Waals surface area contributed by atoms with E-state index in [9.17, 15) is 5.11 Å². The van der Waals surface area contributed by atoms with Crippen molar-refractivity contribution in [1.29, 1.82) is 0 Å². The molecule has 0 bridgehead atoms. The van der Waals surface area contributed by atoms with Crippen LogP contribution in [-0.4, -0.2) is 11.7 Å². The van der Waals surface area contributed by atoms with Gasteiger partial charge in [0.15, 0.2) is 0 Å². The maximum absolute atomic E-state index is 9.26. The van der Waals surface area contributed by atoms with Crippen LogP contribution in [0.2, 0.25) is 0 Å². The summed E-state index contributed by atoms with van der Waals surface area (Å²) in [6.45, 7) is 0.598. The van der Waals surface area contributed by atoms with E-state index in [1.807, 2.05) is 24.3 Å². The van der Waals surface area contributed by atoms with Gasteiger partial charge < -0.3 is 9.84 Å². The van der Waals surface area contributed by atoms with Crippen molar-refractivity contribution in [1.82, 2.24) is 0 Å². The fraction of sp³-hybridized carbons (Fsp3) is 0.231. The van der Waals surface area contributed by atoms with Gasteiger partial charge in [-0.1, -0.05) is 29.8 Å². The van der Waals surface area contributed by atoms with Crippen LogP contribution in [0.1, 0.15) is 6.42 Å². The normalized spacial score (nSPS) is 19.3. The largest absolute Gasteiger partial charge is 0.508 e. The molecule has 1 aliphatic carbocycles. The molecule has 0 radical (unpaired) electrons. The first-order valence-electron chi connectivity index (χ1n) is 5.20. The van der Waals surface area contributed by atoms with Gasteiger partial charge in [0.25, 0.3) is 0 Å². The second kappa shape index (κ2) is 5.08. The molecule has 0 aromatic heterocycles. The molecule has 0 saturated carbocycles. The number of halogens is 1. The quantitative estimate of drug-likeness (QED) is 0.871. The van der Waals surface area contributed by atoms with E-state index in [0.29, 0.717) is 18.3 Å².